The second-order valence-corrected chi connectivity index (χ2v) is 4.80. The average Bonchev–Trinajstić information content (AvgIpc) is 2.87. The summed E-state index contributed by atoms with van der Waals surface area (Å²) in [4.78, 5) is 11.9. The van der Waals surface area contributed by atoms with Gasteiger partial charge in [-0.05, 0) is 35.0 Å². The van der Waals surface area contributed by atoms with E-state index in [4.69, 9.17) is 16.3 Å². The number of ether oxygens (including phenoxy) is 1. The first kappa shape index (κ1) is 13.8. The average molecular weight is 346 g/mol. The number of hydrogen-bond donors (Lipinski definition) is 2. The molecule has 0 aliphatic carbocycles. The SMILES string of the molecule is CCOc1c(Br)cc(Cl)cc1NC(=O)c1cn[nH]n1. The Morgan fingerprint density at radius 2 is 2.37 bits per heavy atom. The first-order valence-corrected chi connectivity index (χ1v) is 6.58. The maximum Gasteiger partial charge on any atom is 0.277 e. The van der Waals surface area contributed by atoms with Crippen molar-refractivity contribution in [2.24, 2.45) is 0 Å². The van der Waals surface area contributed by atoms with Crippen LogP contribution in [-0.2, 0) is 0 Å². The van der Waals surface area contributed by atoms with Gasteiger partial charge < -0.3 is 10.1 Å². The predicted molar refractivity (Wildman–Crippen MR) is 74.7 cm³/mol. The van der Waals surface area contributed by atoms with Crippen molar-refractivity contribution < 1.29 is 9.53 Å². The normalized spacial score (nSPS) is 10.3. The zero-order valence-corrected chi connectivity index (χ0v) is 12.2. The van der Waals surface area contributed by atoms with Gasteiger partial charge in [-0.25, -0.2) is 0 Å². The van der Waals surface area contributed by atoms with Crippen LogP contribution >= 0.6 is 27.5 Å². The molecular weight excluding hydrogens is 336 g/mol. The fourth-order valence-electron chi connectivity index (χ4n) is 1.44. The number of nitrogens with one attached hydrogen (secondary N) is 2. The van der Waals surface area contributed by atoms with Crippen LogP contribution in [0.25, 0.3) is 0 Å². The zero-order valence-electron chi connectivity index (χ0n) is 9.91. The Balaban J connectivity index is 2.30. The molecule has 1 heterocycles. The fourth-order valence-corrected chi connectivity index (χ4v) is 2.37. The summed E-state index contributed by atoms with van der Waals surface area (Å²) in [5.41, 5.74) is 0.646. The molecule has 2 rings (SSSR count). The van der Waals surface area contributed by atoms with Crippen LogP contribution in [0.15, 0.2) is 22.8 Å². The number of halogens is 2. The molecule has 100 valence electrons. The number of carbonyl (C=O) groups excluding carboxylic acids is 1. The van der Waals surface area contributed by atoms with E-state index in [1.165, 1.54) is 6.20 Å². The fraction of sp³-hybridized carbons (Fsp3) is 0.182. The van der Waals surface area contributed by atoms with Gasteiger partial charge in [-0.2, -0.15) is 15.4 Å². The Morgan fingerprint density at radius 3 is 3.00 bits per heavy atom. The number of aromatic amines is 1. The van der Waals surface area contributed by atoms with E-state index in [0.717, 1.165) is 0 Å². The molecule has 0 saturated heterocycles. The molecule has 2 N–H and O–H groups in total. The highest BCUT2D eigenvalue weighted by Crippen LogP contribution is 2.36. The Morgan fingerprint density at radius 1 is 1.58 bits per heavy atom. The number of aromatic nitrogens is 3. The molecule has 1 aromatic heterocycles. The van der Waals surface area contributed by atoms with Gasteiger partial charge in [-0.1, -0.05) is 11.6 Å². The quantitative estimate of drug-likeness (QED) is 0.893. The highest BCUT2D eigenvalue weighted by Gasteiger charge is 2.15. The van der Waals surface area contributed by atoms with Gasteiger partial charge in [0.15, 0.2) is 11.4 Å². The van der Waals surface area contributed by atoms with Crippen LogP contribution < -0.4 is 10.1 Å². The summed E-state index contributed by atoms with van der Waals surface area (Å²) in [7, 11) is 0. The standard InChI is InChI=1S/C11H10BrClN4O2/c1-2-19-10-7(12)3-6(13)4-8(10)15-11(18)9-5-14-17-16-9/h3-5H,2H2,1H3,(H,15,18)(H,14,16,17). The molecule has 0 bridgehead atoms. The molecule has 0 radical (unpaired) electrons. The van der Waals surface area contributed by atoms with Gasteiger partial charge in [-0.3, -0.25) is 4.79 Å². The Hall–Kier alpha value is -1.60. The smallest absolute Gasteiger partial charge is 0.277 e. The van der Waals surface area contributed by atoms with Gasteiger partial charge in [0.2, 0.25) is 0 Å². The summed E-state index contributed by atoms with van der Waals surface area (Å²) >= 11 is 9.30. The van der Waals surface area contributed by atoms with Crippen molar-refractivity contribution in [1.82, 2.24) is 15.4 Å². The minimum absolute atomic E-state index is 0.179. The van der Waals surface area contributed by atoms with Crippen LogP contribution in [0.3, 0.4) is 0 Å². The Labute approximate surface area is 122 Å². The van der Waals surface area contributed by atoms with Crippen molar-refractivity contribution >= 4 is 39.1 Å². The maximum absolute atomic E-state index is 11.9. The largest absolute Gasteiger partial charge is 0.491 e. The molecular formula is C11H10BrClN4O2. The summed E-state index contributed by atoms with van der Waals surface area (Å²) in [6.07, 6.45) is 1.33. The third-order valence-electron chi connectivity index (χ3n) is 2.19. The third-order valence-corrected chi connectivity index (χ3v) is 3.00. The molecule has 2 aromatic rings. The molecule has 8 heteroatoms. The van der Waals surface area contributed by atoms with E-state index >= 15 is 0 Å². The molecule has 1 amide bonds. The summed E-state index contributed by atoms with van der Waals surface area (Å²) in [5, 5.41) is 12.8. The number of nitrogens with zero attached hydrogens (tertiary/aromatic N) is 2. The second kappa shape index (κ2) is 6.03. The molecule has 0 fully saturated rings. The van der Waals surface area contributed by atoms with E-state index in [-0.39, 0.29) is 5.69 Å². The second-order valence-electron chi connectivity index (χ2n) is 3.51. The Kier molecular flexibility index (Phi) is 4.39. The van der Waals surface area contributed by atoms with E-state index in [1.54, 1.807) is 12.1 Å². The summed E-state index contributed by atoms with van der Waals surface area (Å²) < 4.78 is 6.14. The van der Waals surface area contributed by atoms with Gasteiger partial charge in [0.1, 0.15) is 0 Å². The minimum Gasteiger partial charge on any atom is -0.491 e. The number of hydrogen-bond acceptors (Lipinski definition) is 4. The zero-order chi connectivity index (χ0) is 13.8. The van der Waals surface area contributed by atoms with Crippen molar-refractivity contribution in [3.8, 4) is 5.75 Å². The lowest BCUT2D eigenvalue weighted by molar-refractivity contribution is 0.102. The van der Waals surface area contributed by atoms with Crippen molar-refractivity contribution in [2.45, 2.75) is 6.92 Å². The van der Waals surface area contributed by atoms with Gasteiger partial charge >= 0.3 is 0 Å². The van der Waals surface area contributed by atoms with Crippen LogP contribution in [0.5, 0.6) is 5.75 Å². The van der Waals surface area contributed by atoms with E-state index in [9.17, 15) is 4.79 Å². The van der Waals surface area contributed by atoms with Crippen molar-refractivity contribution in [3.05, 3.63) is 33.5 Å². The predicted octanol–water partition coefficient (Wildman–Crippen LogP) is 2.87. The van der Waals surface area contributed by atoms with Crippen LogP contribution in [0.2, 0.25) is 5.02 Å². The van der Waals surface area contributed by atoms with Crippen molar-refractivity contribution in [3.63, 3.8) is 0 Å². The Bertz CT molecular complexity index is 589. The molecule has 0 unspecified atom stereocenters. The number of H-pyrrole nitrogens is 1. The van der Waals surface area contributed by atoms with Gasteiger partial charge in [0, 0.05) is 5.02 Å². The topological polar surface area (TPSA) is 79.9 Å². The van der Waals surface area contributed by atoms with Crippen LogP contribution in [0, 0.1) is 0 Å². The summed E-state index contributed by atoms with van der Waals surface area (Å²) in [5.74, 6) is 0.118. The monoisotopic (exact) mass is 344 g/mol. The molecule has 0 atom stereocenters. The number of amides is 1. The molecule has 0 aliphatic heterocycles. The van der Waals surface area contributed by atoms with E-state index < -0.39 is 5.91 Å². The molecule has 6 nitrogen and oxygen atoms in total. The first-order chi connectivity index (χ1) is 9.11. The molecule has 0 spiro atoms. The van der Waals surface area contributed by atoms with Crippen molar-refractivity contribution in [1.29, 1.82) is 0 Å². The number of carbonyl (C=O) groups is 1. The van der Waals surface area contributed by atoms with Gasteiger partial charge in [0.05, 0.1) is 23.0 Å². The highest BCUT2D eigenvalue weighted by molar-refractivity contribution is 9.10. The lowest BCUT2D eigenvalue weighted by Gasteiger charge is -2.13. The number of rotatable bonds is 4. The van der Waals surface area contributed by atoms with Crippen LogP contribution in [0.4, 0.5) is 5.69 Å². The first-order valence-electron chi connectivity index (χ1n) is 5.40. The van der Waals surface area contributed by atoms with Crippen molar-refractivity contribution in [2.75, 3.05) is 11.9 Å². The third kappa shape index (κ3) is 3.24. The molecule has 1 aromatic carbocycles. The highest BCUT2D eigenvalue weighted by atomic mass is 79.9. The van der Waals surface area contributed by atoms with E-state index in [2.05, 4.69) is 36.7 Å². The number of anilines is 1. The summed E-state index contributed by atoms with van der Waals surface area (Å²) in [6, 6.07) is 3.30. The van der Waals surface area contributed by atoms with E-state index in [1.807, 2.05) is 6.92 Å². The molecule has 0 saturated carbocycles. The minimum atomic E-state index is -0.399. The lowest BCUT2D eigenvalue weighted by atomic mass is 10.2. The van der Waals surface area contributed by atoms with Gasteiger partial charge in [-0.15, -0.1) is 0 Å². The van der Waals surface area contributed by atoms with Crippen LogP contribution in [-0.4, -0.2) is 27.9 Å². The number of benzene rings is 1. The van der Waals surface area contributed by atoms with Gasteiger partial charge in [0.25, 0.3) is 5.91 Å². The van der Waals surface area contributed by atoms with E-state index in [0.29, 0.717) is 27.5 Å². The molecule has 0 aliphatic rings. The lowest BCUT2D eigenvalue weighted by Crippen LogP contribution is -2.13. The van der Waals surface area contributed by atoms with Crippen LogP contribution in [0.1, 0.15) is 17.4 Å². The maximum atomic E-state index is 11.9. The summed E-state index contributed by atoms with van der Waals surface area (Å²) in [6.45, 7) is 2.32. The molecule has 19 heavy (non-hydrogen) atoms.